The molecule has 3 rings (SSSR count). The van der Waals surface area contributed by atoms with Gasteiger partial charge in [0.1, 0.15) is 6.04 Å². The zero-order valence-electron chi connectivity index (χ0n) is 12.4. The summed E-state index contributed by atoms with van der Waals surface area (Å²) < 4.78 is 1.31. The van der Waals surface area contributed by atoms with E-state index in [1.165, 1.54) is 15.0 Å². The molecule has 2 atom stereocenters. The van der Waals surface area contributed by atoms with Crippen molar-refractivity contribution < 1.29 is 4.79 Å². The van der Waals surface area contributed by atoms with Crippen LogP contribution in [0.3, 0.4) is 0 Å². The molecule has 21 heavy (non-hydrogen) atoms. The van der Waals surface area contributed by atoms with E-state index in [0.29, 0.717) is 0 Å². The monoisotopic (exact) mass is 303 g/mol. The summed E-state index contributed by atoms with van der Waals surface area (Å²) in [6.45, 7) is 4.75. The van der Waals surface area contributed by atoms with Crippen LogP contribution in [0.1, 0.15) is 17.8 Å². The van der Waals surface area contributed by atoms with Gasteiger partial charge in [-0.05, 0) is 24.4 Å². The topological polar surface area (TPSA) is 44.4 Å². The Hall–Kier alpha value is -1.43. The standard InChI is InChI=1S/C16H21N3OS/c1-11(15-9-12-5-3-4-6-14(12)21-15)19-8-7-18-10-13(19)16(20)17-2/h3-6,9,11,13,18H,7-8,10H2,1-2H3,(H,17,20). The minimum Gasteiger partial charge on any atom is -0.358 e. The molecule has 0 bridgehead atoms. The first kappa shape index (κ1) is 14.5. The highest BCUT2D eigenvalue weighted by Gasteiger charge is 2.32. The highest BCUT2D eigenvalue weighted by molar-refractivity contribution is 7.19. The third-order valence-electron chi connectivity index (χ3n) is 4.19. The van der Waals surface area contributed by atoms with E-state index < -0.39 is 0 Å². The molecule has 5 heteroatoms. The van der Waals surface area contributed by atoms with Crippen molar-refractivity contribution in [2.45, 2.75) is 19.0 Å². The van der Waals surface area contributed by atoms with E-state index in [9.17, 15) is 4.79 Å². The maximum atomic E-state index is 12.1. The molecule has 2 heterocycles. The van der Waals surface area contributed by atoms with E-state index in [2.05, 4.69) is 52.8 Å². The fourth-order valence-electron chi connectivity index (χ4n) is 2.97. The fraction of sp³-hybridized carbons (Fsp3) is 0.438. The molecule has 1 amide bonds. The Labute approximate surface area is 129 Å². The van der Waals surface area contributed by atoms with E-state index in [1.54, 1.807) is 7.05 Å². The quantitative estimate of drug-likeness (QED) is 0.911. The molecule has 1 saturated heterocycles. The van der Waals surface area contributed by atoms with Crippen molar-refractivity contribution in [3.8, 4) is 0 Å². The Bertz CT molecular complexity index is 606. The van der Waals surface area contributed by atoms with E-state index in [0.717, 1.165) is 19.6 Å². The lowest BCUT2D eigenvalue weighted by molar-refractivity contribution is -0.127. The van der Waals surface area contributed by atoms with Crippen molar-refractivity contribution in [1.82, 2.24) is 15.5 Å². The number of nitrogens with zero attached hydrogens (tertiary/aromatic N) is 1. The van der Waals surface area contributed by atoms with Gasteiger partial charge >= 0.3 is 0 Å². The second kappa shape index (κ2) is 6.13. The number of nitrogens with one attached hydrogen (secondary N) is 2. The Morgan fingerprint density at radius 2 is 2.29 bits per heavy atom. The van der Waals surface area contributed by atoms with E-state index in [1.807, 2.05) is 11.3 Å². The van der Waals surface area contributed by atoms with Crippen molar-refractivity contribution in [2.75, 3.05) is 26.7 Å². The van der Waals surface area contributed by atoms with E-state index in [-0.39, 0.29) is 18.0 Å². The van der Waals surface area contributed by atoms with E-state index in [4.69, 9.17) is 0 Å². The zero-order valence-corrected chi connectivity index (χ0v) is 13.2. The Balaban J connectivity index is 1.88. The zero-order chi connectivity index (χ0) is 14.8. The molecule has 0 saturated carbocycles. The van der Waals surface area contributed by atoms with Crippen LogP contribution in [0.15, 0.2) is 30.3 Å². The summed E-state index contributed by atoms with van der Waals surface area (Å²) in [7, 11) is 1.71. The number of thiophene rings is 1. The predicted octanol–water partition coefficient (Wildman–Crippen LogP) is 1.98. The molecule has 1 fully saturated rings. The molecule has 1 aliphatic heterocycles. The molecule has 0 radical (unpaired) electrons. The summed E-state index contributed by atoms with van der Waals surface area (Å²) in [4.78, 5) is 15.7. The summed E-state index contributed by atoms with van der Waals surface area (Å²) in [6, 6.07) is 10.9. The number of rotatable bonds is 3. The van der Waals surface area contributed by atoms with Crippen LogP contribution in [-0.4, -0.2) is 43.5 Å². The fourth-order valence-corrected chi connectivity index (χ4v) is 4.10. The number of likely N-dealkylation sites (N-methyl/N-ethyl adjacent to an activating group) is 1. The summed E-state index contributed by atoms with van der Waals surface area (Å²) in [5.41, 5.74) is 0. The number of fused-ring (bicyclic) bond motifs is 1. The van der Waals surface area contributed by atoms with Gasteiger partial charge in [0.05, 0.1) is 0 Å². The lowest BCUT2D eigenvalue weighted by atomic mass is 10.1. The van der Waals surface area contributed by atoms with Gasteiger partial charge in [-0.1, -0.05) is 18.2 Å². The molecule has 0 spiro atoms. The molecule has 4 nitrogen and oxygen atoms in total. The SMILES string of the molecule is CNC(=O)C1CNCCN1C(C)c1cc2ccccc2s1. The van der Waals surface area contributed by atoms with Gasteiger partial charge in [-0.2, -0.15) is 0 Å². The number of carbonyl (C=O) groups excluding carboxylic acids is 1. The second-order valence-corrected chi connectivity index (χ2v) is 6.55. The number of benzene rings is 1. The minimum absolute atomic E-state index is 0.0927. The van der Waals surface area contributed by atoms with Gasteiger partial charge < -0.3 is 10.6 Å². The number of hydrogen-bond acceptors (Lipinski definition) is 4. The van der Waals surface area contributed by atoms with Crippen LogP contribution < -0.4 is 10.6 Å². The number of piperazine rings is 1. The van der Waals surface area contributed by atoms with Gasteiger partial charge in [0.15, 0.2) is 0 Å². The van der Waals surface area contributed by atoms with Crippen LogP contribution in [-0.2, 0) is 4.79 Å². The lowest BCUT2D eigenvalue weighted by Gasteiger charge is -2.38. The summed E-state index contributed by atoms with van der Waals surface area (Å²) in [5.74, 6) is 0.0927. The van der Waals surface area contributed by atoms with E-state index >= 15 is 0 Å². The van der Waals surface area contributed by atoms with Crippen molar-refractivity contribution in [2.24, 2.45) is 0 Å². The Morgan fingerprint density at radius 3 is 3.05 bits per heavy atom. The van der Waals surface area contributed by atoms with Crippen LogP contribution >= 0.6 is 11.3 Å². The normalized spacial score (nSPS) is 21.3. The third-order valence-corrected chi connectivity index (χ3v) is 5.47. The molecule has 2 aromatic rings. The highest BCUT2D eigenvalue weighted by atomic mass is 32.1. The van der Waals surface area contributed by atoms with Crippen LogP contribution in [0.5, 0.6) is 0 Å². The maximum absolute atomic E-state index is 12.1. The number of hydrogen-bond donors (Lipinski definition) is 2. The first-order chi connectivity index (χ1) is 10.2. The maximum Gasteiger partial charge on any atom is 0.238 e. The largest absolute Gasteiger partial charge is 0.358 e. The van der Waals surface area contributed by atoms with Crippen LogP contribution in [0, 0.1) is 0 Å². The minimum atomic E-state index is -0.0936. The van der Waals surface area contributed by atoms with Crippen LogP contribution in [0.4, 0.5) is 0 Å². The molecule has 112 valence electrons. The summed E-state index contributed by atoms with van der Waals surface area (Å²) in [6.07, 6.45) is 0. The van der Waals surface area contributed by atoms with Crippen molar-refractivity contribution in [1.29, 1.82) is 0 Å². The average molecular weight is 303 g/mol. The molecule has 2 N–H and O–H groups in total. The molecular weight excluding hydrogens is 282 g/mol. The van der Waals surface area contributed by atoms with Crippen LogP contribution in [0.25, 0.3) is 10.1 Å². The highest BCUT2D eigenvalue weighted by Crippen LogP contribution is 2.33. The Kier molecular flexibility index (Phi) is 4.24. The van der Waals surface area contributed by atoms with Gasteiger partial charge in [0, 0.05) is 42.3 Å². The van der Waals surface area contributed by atoms with Crippen molar-refractivity contribution >= 4 is 27.3 Å². The van der Waals surface area contributed by atoms with Gasteiger partial charge in [-0.15, -0.1) is 11.3 Å². The van der Waals surface area contributed by atoms with Gasteiger partial charge in [-0.25, -0.2) is 0 Å². The number of amides is 1. The predicted molar refractivity (Wildman–Crippen MR) is 87.7 cm³/mol. The molecule has 1 aromatic heterocycles. The molecular formula is C16H21N3OS. The average Bonchev–Trinajstić information content (AvgIpc) is 2.97. The lowest BCUT2D eigenvalue weighted by Crippen LogP contribution is -2.57. The molecule has 1 aromatic carbocycles. The Morgan fingerprint density at radius 1 is 1.48 bits per heavy atom. The van der Waals surface area contributed by atoms with Crippen LogP contribution in [0.2, 0.25) is 0 Å². The van der Waals surface area contributed by atoms with Gasteiger partial charge in [0.2, 0.25) is 5.91 Å². The third kappa shape index (κ3) is 2.81. The first-order valence-electron chi connectivity index (χ1n) is 7.37. The molecule has 0 aliphatic carbocycles. The molecule has 2 unspecified atom stereocenters. The molecule has 1 aliphatic rings. The second-order valence-electron chi connectivity index (χ2n) is 5.43. The van der Waals surface area contributed by atoms with Crippen molar-refractivity contribution in [3.05, 3.63) is 35.2 Å². The summed E-state index contributed by atoms with van der Waals surface area (Å²) in [5, 5.41) is 7.38. The van der Waals surface area contributed by atoms with Crippen molar-refractivity contribution in [3.63, 3.8) is 0 Å². The smallest absolute Gasteiger partial charge is 0.238 e. The van der Waals surface area contributed by atoms with Gasteiger partial charge in [-0.3, -0.25) is 9.69 Å². The summed E-state index contributed by atoms with van der Waals surface area (Å²) >= 11 is 1.83. The first-order valence-corrected chi connectivity index (χ1v) is 8.19. The van der Waals surface area contributed by atoms with Gasteiger partial charge in [0.25, 0.3) is 0 Å². The number of carbonyl (C=O) groups is 1.